The minimum absolute atomic E-state index is 0.0343. The summed E-state index contributed by atoms with van der Waals surface area (Å²) in [6.45, 7) is 3.93. The average Bonchev–Trinajstić information content (AvgIpc) is 2.78. The van der Waals surface area contributed by atoms with Crippen LogP contribution in [0.2, 0.25) is 0 Å². The quantitative estimate of drug-likeness (QED) is 0.731. The maximum Gasteiger partial charge on any atom is 0.195 e. The monoisotopic (exact) mass is 311 g/mol. The van der Waals surface area contributed by atoms with Gasteiger partial charge in [-0.05, 0) is 24.0 Å². The number of thiazole rings is 1. The van der Waals surface area contributed by atoms with Gasteiger partial charge in [-0.2, -0.15) is 0 Å². The molecule has 2 aromatic rings. The summed E-state index contributed by atoms with van der Waals surface area (Å²) in [4.78, 5) is 16.9. The minimum Gasteiger partial charge on any atom is -0.293 e. The lowest BCUT2D eigenvalue weighted by Gasteiger charge is -2.26. The third-order valence-corrected chi connectivity index (χ3v) is 4.67. The zero-order valence-electron chi connectivity index (χ0n) is 11.5. The number of aromatic nitrogens is 1. The van der Waals surface area contributed by atoms with Gasteiger partial charge in [-0.25, -0.2) is 18.2 Å². The average molecular weight is 311 g/mol. The first kappa shape index (κ1) is 14.3. The predicted molar refractivity (Wildman–Crippen MR) is 73.9 cm³/mol. The first-order valence-electron chi connectivity index (χ1n) is 6.45. The minimum atomic E-state index is -1.52. The number of Topliss-reactive ketones (excluding diaryl/α,β-unsaturated/α-hetero) is 1. The van der Waals surface area contributed by atoms with Crippen LogP contribution >= 0.6 is 11.3 Å². The van der Waals surface area contributed by atoms with Crippen LogP contribution in [-0.4, -0.2) is 10.8 Å². The van der Waals surface area contributed by atoms with Crippen LogP contribution in [0.25, 0.3) is 10.6 Å². The van der Waals surface area contributed by atoms with Crippen LogP contribution in [0, 0.1) is 22.9 Å². The molecule has 1 aromatic carbocycles. The number of carbonyl (C=O) groups excluding carboxylic acids is 1. The Kier molecular flexibility index (Phi) is 3.16. The van der Waals surface area contributed by atoms with Crippen LogP contribution in [0.3, 0.4) is 0 Å². The van der Waals surface area contributed by atoms with Crippen molar-refractivity contribution in [3.8, 4) is 10.6 Å². The number of hydrogen-bond donors (Lipinski definition) is 0. The number of fused-ring (bicyclic) bond motifs is 1. The zero-order chi connectivity index (χ0) is 15.4. The van der Waals surface area contributed by atoms with E-state index in [4.69, 9.17) is 0 Å². The molecule has 2 nitrogen and oxygen atoms in total. The predicted octanol–water partition coefficient (Wildman–Crippen LogP) is 4.38. The van der Waals surface area contributed by atoms with Gasteiger partial charge in [0.15, 0.2) is 23.2 Å². The van der Waals surface area contributed by atoms with Crippen LogP contribution < -0.4 is 0 Å². The summed E-state index contributed by atoms with van der Waals surface area (Å²) in [5.74, 6) is -4.07. The lowest BCUT2D eigenvalue weighted by Crippen LogP contribution is -2.25. The summed E-state index contributed by atoms with van der Waals surface area (Å²) in [6, 6.07) is 2.01. The van der Waals surface area contributed by atoms with Crippen molar-refractivity contribution in [2.24, 2.45) is 5.41 Å². The molecule has 0 N–H and O–H groups in total. The highest BCUT2D eigenvalue weighted by Crippen LogP contribution is 2.40. The van der Waals surface area contributed by atoms with Crippen molar-refractivity contribution >= 4 is 17.1 Å². The van der Waals surface area contributed by atoms with Crippen molar-refractivity contribution in [1.82, 2.24) is 4.98 Å². The van der Waals surface area contributed by atoms with Gasteiger partial charge in [0, 0.05) is 12.0 Å². The molecule has 0 aliphatic heterocycles. The van der Waals surface area contributed by atoms with E-state index < -0.39 is 17.5 Å². The van der Waals surface area contributed by atoms with Gasteiger partial charge in [0.25, 0.3) is 0 Å². The molecule has 6 heteroatoms. The van der Waals surface area contributed by atoms with E-state index in [0.717, 1.165) is 23.5 Å². The second-order valence-corrected chi connectivity index (χ2v) is 6.96. The summed E-state index contributed by atoms with van der Waals surface area (Å²) >= 11 is 1.04. The van der Waals surface area contributed by atoms with E-state index in [1.807, 2.05) is 13.8 Å². The van der Waals surface area contributed by atoms with Crippen molar-refractivity contribution < 1.29 is 18.0 Å². The third-order valence-electron chi connectivity index (χ3n) is 3.50. The second kappa shape index (κ2) is 4.66. The Labute approximate surface area is 123 Å². The molecule has 1 heterocycles. The molecule has 1 aliphatic carbocycles. The van der Waals surface area contributed by atoms with Gasteiger partial charge < -0.3 is 0 Å². The van der Waals surface area contributed by atoms with Crippen LogP contribution in [0.5, 0.6) is 0 Å². The number of hydrogen-bond acceptors (Lipinski definition) is 3. The summed E-state index contributed by atoms with van der Waals surface area (Å²) in [6.07, 6.45) is 1.01. The summed E-state index contributed by atoms with van der Waals surface area (Å²) < 4.78 is 40.1. The molecule has 0 amide bonds. The van der Waals surface area contributed by atoms with Gasteiger partial charge in [-0.15, -0.1) is 11.3 Å². The third kappa shape index (κ3) is 2.37. The van der Waals surface area contributed by atoms with Crippen molar-refractivity contribution in [3.05, 3.63) is 40.2 Å². The number of benzene rings is 1. The molecule has 0 saturated heterocycles. The molecule has 0 saturated carbocycles. The molecule has 1 aliphatic rings. The fraction of sp³-hybridized carbons (Fsp3) is 0.333. The normalized spacial score (nSPS) is 16.9. The highest BCUT2D eigenvalue weighted by Gasteiger charge is 2.34. The Morgan fingerprint density at radius 2 is 1.86 bits per heavy atom. The van der Waals surface area contributed by atoms with E-state index in [9.17, 15) is 18.0 Å². The Morgan fingerprint density at radius 3 is 2.57 bits per heavy atom. The number of halogens is 3. The summed E-state index contributed by atoms with van der Waals surface area (Å²) in [5, 5.41) is 0.211. The standard InChI is InChI=1S/C15H12F3NOS/c1-15(2)5-9-13(10(20)6-15)21-14(19-9)7-3-4-8(16)12(18)11(7)17/h3-4H,5-6H2,1-2H3. The molecular weight excluding hydrogens is 299 g/mol. The SMILES string of the molecule is CC1(C)CC(=O)c2sc(-c3ccc(F)c(F)c3F)nc2C1. The molecule has 0 radical (unpaired) electrons. The Bertz CT molecular complexity index is 752. The van der Waals surface area contributed by atoms with E-state index in [-0.39, 0.29) is 21.8 Å². The largest absolute Gasteiger partial charge is 0.293 e. The fourth-order valence-electron chi connectivity index (χ4n) is 2.53. The van der Waals surface area contributed by atoms with E-state index in [1.54, 1.807) is 0 Å². The van der Waals surface area contributed by atoms with Crippen molar-refractivity contribution in [3.63, 3.8) is 0 Å². The Balaban J connectivity index is 2.11. The highest BCUT2D eigenvalue weighted by molar-refractivity contribution is 7.17. The summed E-state index contributed by atoms with van der Waals surface area (Å²) in [7, 11) is 0. The topological polar surface area (TPSA) is 30.0 Å². The molecule has 0 unspecified atom stereocenters. The molecule has 0 atom stereocenters. The Morgan fingerprint density at radius 1 is 1.14 bits per heavy atom. The van der Waals surface area contributed by atoms with Crippen molar-refractivity contribution in [2.45, 2.75) is 26.7 Å². The Hall–Kier alpha value is -1.69. The number of rotatable bonds is 1. The molecule has 110 valence electrons. The first-order chi connectivity index (χ1) is 9.78. The molecule has 1 aromatic heterocycles. The van der Waals surface area contributed by atoms with E-state index in [2.05, 4.69) is 4.98 Å². The van der Waals surface area contributed by atoms with Gasteiger partial charge in [-0.1, -0.05) is 13.8 Å². The maximum absolute atomic E-state index is 13.8. The second-order valence-electron chi connectivity index (χ2n) is 5.96. The van der Waals surface area contributed by atoms with E-state index in [0.29, 0.717) is 23.4 Å². The maximum atomic E-state index is 13.8. The van der Waals surface area contributed by atoms with Crippen LogP contribution in [0.1, 0.15) is 35.6 Å². The van der Waals surface area contributed by atoms with Crippen LogP contribution in [0.4, 0.5) is 13.2 Å². The number of nitrogens with zero attached hydrogens (tertiary/aromatic N) is 1. The molecule has 0 bridgehead atoms. The van der Waals surface area contributed by atoms with Gasteiger partial charge in [-0.3, -0.25) is 4.79 Å². The van der Waals surface area contributed by atoms with Crippen molar-refractivity contribution in [1.29, 1.82) is 0 Å². The number of ketones is 1. The summed E-state index contributed by atoms with van der Waals surface area (Å²) in [5.41, 5.74) is 0.307. The van der Waals surface area contributed by atoms with E-state index >= 15 is 0 Å². The molecular formula is C15H12F3NOS. The van der Waals surface area contributed by atoms with Crippen LogP contribution in [-0.2, 0) is 6.42 Å². The molecule has 3 rings (SSSR count). The lowest BCUT2D eigenvalue weighted by molar-refractivity contribution is 0.0916. The number of carbonyl (C=O) groups is 1. The molecule has 0 spiro atoms. The van der Waals surface area contributed by atoms with Gasteiger partial charge in [0.1, 0.15) is 5.01 Å². The van der Waals surface area contributed by atoms with Gasteiger partial charge in [0.2, 0.25) is 0 Å². The fourth-order valence-corrected chi connectivity index (χ4v) is 3.56. The molecule has 21 heavy (non-hydrogen) atoms. The van der Waals surface area contributed by atoms with Crippen LogP contribution in [0.15, 0.2) is 12.1 Å². The van der Waals surface area contributed by atoms with Gasteiger partial charge >= 0.3 is 0 Å². The highest BCUT2D eigenvalue weighted by atomic mass is 32.1. The first-order valence-corrected chi connectivity index (χ1v) is 7.27. The lowest BCUT2D eigenvalue weighted by atomic mass is 9.78. The molecule has 0 fully saturated rings. The van der Waals surface area contributed by atoms with Gasteiger partial charge in [0.05, 0.1) is 10.6 Å². The van der Waals surface area contributed by atoms with Crippen molar-refractivity contribution in [2.75, 3.05) is 0 Å². The smallest absolute Gasteiger partial charge is 0.195 e. The zero-order valence-corrected chi connectivity index (χ0v) is 12.3. The van der Waals surface area contributed by atoms with E-state index in [1.165, 1.54) is 0 Å².